The van der Waals surface area contributed by atoms with Crippen molar-refractivity contribution >= 4 is 29.2 Å². The molecule has 0 radical (unpaired) electrons. The van der Waals surface area contributed by atoms with Gasteiger partial charge in [-0.25, -0.2) is 0 Å². The first-order chi connectivity index (χ1) is 12.5. The van der Waals surface area contributed by atoms with E-state index in [0.717, 1.165) is 5.56 Å². The molecular weight excluding hydrogens is 356 g/mol. The summed E-state index contributed by atoms with van der Waals surface area (Å²) in [6.45, 7) is 0.184. The predicted octanol–water partition coefficient (Wildman–Crippen LogP) is 2.61. The van der Waals surface area contributed by atoms with Gasteiger partial charge in [0, 0.05) is 18.7 Å². The maximum Gasteiger partial charge on any atom is 0.315 e. The number of nitrogens with one attached hydrogen (secondary N) is 2. The Kier molecular flexibility index (Phi) is 6.86. The summed E-state index contributed by atoms with van der Waals surface area (Å²) in [5.74, 6) is 0.310. The topological polar surface area (TPSA) is 98.0 Å². The predicted molar refractivity (Wildman–Crippen MR) is 103 cm³/mol. The lowest BCUT2D eigenvalue weighted by molar-refractivity contribution is -0.386. The number of nitro groups is 1. The van der Waals surface area contributed by atoms with Crippen LogP contribution in [0.1, 0.15) is 11.1 Å². The molecule has 9 heteroatoms. The molecule has 0 saturated carbocycles. The van der Waals surface area contributed by atoms with Crippen LogP contribution in [0.15, 0.2) is 47.6 Å². The van der Waals surface area contributed by atoms with Gasteiger partial charge in [0.2, 0.25) is 5.75 Å². The highest BCUT2D eigenvalue weighted by atomic mass is 32.1. The van der Waals surface area contributed by atoms with Crippen molar-refractivity contribution in [1.82, 2.24) is 10.7 Å². The highest BCUT2D eigenvalue weighted by molar-refractivity contribution is 7.80. The zero-order valence-electron chi connectivity index (χ0n) is 14.3. The molecular formula is C17H18N4O4S. The number of hydrogen-bond acceptors (Lipinski definition) is 6. The van der Waals surface area contributed by atoms with Crippen LogP contribution in [0.5, 0.6) is 11.5 Å². The van der Waals surface area contributed by atoms with Gasteiger partial charge < -0.3 is 14.8 Å². The van der Waals surface area contributed by atoms with E-state index in [9.17, 15) is 10.1 Å². The average Bonchev–Trinajstić information content (AvgIpc) is 2.66. The summed E-state index contributed by atoms with van der Waals surface area (Å²) < 4.78 is 10.9. The van der Waals surface area contributed by atoms with Crippen LogP contribution >= 0.6 is 12.2 Å². The minimum absolute atomic E-state index is 0.0669. The fourth-order valence-corrected chi connectivity index (χ4v) is 2.12. The summed E-state index contributed by atoms with van der Waals surface area (Å²) in [7, 11) is 3.07. The Hall–Kier alpha value is -3.20. The Labute approximate surface area is 156 Å². The van der Waals surface area contributed by atoms with Crippen molar-refractivity contribution in [3.05, 3.63) is 63.7 Å². The van der Waals surface area contributed by atoms with Crippen LogP contribution in [-0.2, 0) is 6.61 Å². The molecule has 136 valence electrons. The summed E-state index contributed by atoms with van der Waals surface area (Å²) in [5, 5.41) is 18.4. The van der Waals surface area contributed by atoms with Gasteiger partial charge >= 0.3 is 5.69 Å². The fourth-order valence-electron chi connectivity index (χ4n) is 2.07. The van der Waals surface area contributed by atoms with Crippen molar-refractivity contribution in [3.63, 3.8) is 0 Å². The van der Waals surface area contributed by atoms with E-state index < -0.39 is 4.92 Å². The number of ether oxygens (including phenoxy) is 2. The zero-order chi connectivity index (χ0) is 18.9. The Morgan fingerprint density at radius 3 is 2.69 bits per heavy atom. The van der Waals surface area contributed by atoms with E-state index >= 15 is 0 Å². The maximum atomic E-state index is 11.5. The first-order valence-electron chi connectivity index (χ1n) is 7.59. The molecule has 0 aliphatic heterocycles. The van der Waals surface area contributed by atoms with Gasteiger partial charge in [0.1, 0.15) is 6.61 Å². The van der Waals surface area contributed by atoms with Crippen LogP contribution in [-0.4, -0.2) is 30.4 Å². The van der Waals surface area contributed by atoms with Crippen LogP contribution in [0.2, 0.25) is 0 Å². The molecule has 0 aliphatic carbocycles. The summed E-state index contributed by atoms with van der Waals surface area (Å²) in [5.41, 5.74) is 3.72. The molecule has 0 unspecified atom stereocenters. The number of hydrogen-bond donors (Lipinski definition) is 2. The molecule has 8 nitrogen and oxygen atoms in total. The number of methoxy groups -OCH3 is 1. The molecule has 0 bridgehead atoms. The Morgan fingerprint density at radius 1 is 1.35 bits per heavy atom. The number of benzene rings is 2. The Balaban J connectivity index is 2.29. The molecule has 26 heavy (non-hydrogen) atoms. The minimum atomic E-state index is -0.522. The molecule has 2 aromatic rings. The molecule has 0 amide bonds. The number of nitro benzene ring substituents is 1. The largest absolute Gasteiger partial charge is 0.493 e. The van der Waals surface area contributed by atoms with E-state index in [0.29, 0.717) is 10.7 Å². The molecule has 0 heterocycles. The van der Waals surface area contributed by atoms with Crippen molar-refractivity contribution in [2.24, 2.45) is 5.10 Å². The van der Waals surface area contributed by atoms with Gasteiger partial charge in [-0.05, 0) is 23.8 Å². The van der Waals surface area contributed by atoms with Crippen LogP contribution in [0.4, 0.5) is 5.69 Å². The summed E-state index contributed by atoms with van der Waals surface area (Å²) in [6, 6.07) is 12.3. The van der Waals surface area contributed by atoms with E-state index in [1.165, 1.54) is 19.4 Å². The number of rotatable bonds is 7. The molecule has 2 rings (SSSR count). The van der Waals surface area contributed by atoms with Crippen molar-refractivity contribution < 1.29 is 14.4 Å². The van der Waals surface area contributed by atoms with Crippen molar-refractivity contribution in [2.45, 2.75) is 6.61 Å². The van der Waals surface area contributed by atoms with Crippen LogP contribution in [0, 0.1) is 10.1 Å². The van der Waals surface area contributed by atoms with E-state index in [4.69, 9.17) is 21.7 Å². The smallest absolute Gasteiger partial charge is 0.315 e. The quantitative estimate of drug-likeness (QED) is 0.333. The number of nitrogens with zero attached hydrogens (tertiary/aromatic N) is 2. The van der Waals surface area contributed by atoms with E-state index in [1.807, 2.05) is 30.3 Å². The molecule has 0 spiro atoms. The van der Waals surface area contributed by atoms with Gasteiger partial charge in [-0.3, -0.25) is 15.5 Å². The van der Waals surface area contributed by atoms with Crippen LogP contribution < -0.4 is 20.2 Å². The molecule has 0 atom stereocenters. The van der Waals surface area contributed by atoms with Crippen LogP contribution in [0.25, 0.3) is 0 Å². The van der Waals surface area contributed by atoms with E-state index in [-0.39, 0.29) is 23.8 Å². The normalized spacial score (nSPS) is 10.4. The lowest BCUT2D eigenvalue weighted by atomic mass is 10.1. The second-order valence-corrected chi connectivity index (χ2v) is 5.46. The zero-order valence-corrected chi connectivity index (χ0v) is 15.1. The number of thiocarbonyl (C=S) groups is 1. The van der Waals surface area contributed by atoms with Gasteiger partial charge in [-0.2, -0.15) is 5.10 Å². The third-order valence-corrected chi connectivity index (χ3v) is 3.60. The summed E-state index contributed by atoms with van der Waals surface area (Å²) in [6.07, 6.45) is 1.40. The van der Waals surface area contributed by atoms with Crippen molar-refractivity contribution in [1.29, 1.82) is 0 Å². The monoisotopic (exact) mass is 374 g/mol. The summed E-state index contributed by atoms with van der Waals surface area (Å²) >= 11 is 4.90. The highest BCUT2D eigenvalue weighted by Crippen LogP contribution is 2.38. The molecule has 0 aliphatic rings. The van der Waals surface area contributed by atoms with Crippen molar-refractivity contribution in [3.8, 4) is 11.5 Å². The second-order valence-electron chi connectivity index (χ2n) is 5.05. The van der Waals surface area contributed by atoms with E-state index in [2.05, 4.69) is 15.8 Å². The Bertz CT molecular complexity index is 812. The fraction of sp³-hybridized carbons (Fsp3) is 0.176. The lowest BCUT2D eigenvalue weighted by Gasteiger charge is -2.12. The molecule has 2 N–H and O–H groups in total. The van der Waals surface area contributed by atoms with E-state index in [1.54, 1.807) is 13.1 Å². The third-order valence-electron chi connectivity index (χ3n) is 3.31. The van der Waals surface area contributed by atoms with Gasteiger partial charge in [0.15, 0.2) is 10.9 Å². The van der Waals surface area contributed by atoms with Gasteiger partial charge in [0.25, 0.3) is 0 Å². The standard InChI is InChI=1S/C17H18N4O4S/c1-18-17(26)20-19-10-13-8-14(21(22)23)16(15(9-13)24-2)25-11-12-6-4-3-5-7-12/h3-10H,11H2,1-2H3,(H2,18,20,26)/b19-10+. The first-order valence-corrected chi connectivity index (χ1v) is 8.00. The van der Waals surface area contributed by atoms with Gasteiger partial charge in [0.05, 0.1) is 18.2 Å². The third kappa shape index (κ3) is 5.15. The lowest BCUT2D eigenvalue weighted by Crippen LogP contribution is -2.28. The number of hydrazone groups is 1. The molecule has 0 fully saturated rings. The first kappa shape index (κ1) is 19.1. The minimum Gasteiger partial charge on any atom is -0.493 e. The summed E-state index contributed by atoms with van der Waals surface area (Å²) in [4.78, 5) is 10.9. The van der Waals surface area contributed by atoms with Crippen molar-refractivity contribution in [2.75, 3.05) is 14.2 Å². The second kappa shape index (κ2) is 9.33. The molecule has 0 aromatic heterocycles. The van der Waals surface area contributed by atoms with Gasteiger partial charge in [-0.15, -0.1) is 0 Å². The molecule has 0 saturated heterocycles. The Morgan fingerprint density at radius 2 is 2.08 bits per heavy atom. The highest BCUT2D eigenvalue weighted by Gasteiger charge is 2.22. The molecule has 2 aromatic carbocycles. The SMILES string of the molecule is CNC(=S)N/N=C/c1cc(OC)c(OCc2ccccc2)c([N+](=O)[O-])c1. The average molecular weight is 374 g/mol. The van der Waals surface area contributed by atoms with Gasteiger partial charge in [-0.1, -0.05) is 30.3 Å². The maximum absolute atomic E-state index is 11.5. The van der Waals surface area contributed by atoms with Crippen LogP contribution in [0.3, 0.4) is 0 Å².